The molecule has 0 bridgehead atoms. The summed E-state index contributed by atoms with van der Waals surface area (Å²) < 4.78 is 22.2. The molecular weight excluding hydrogens is 251 g/mol. The molecule has 0 spiro atoms. The molecule has 1 saturated carbocycles. The van der Waals surface area contributed by atoms with Gasteiger partial charge in [0, 0.05) is 0 Å². The van der Waals surface area contributed by atoms with Gasteiger partial charge in [-0.1, -0.05) is 19.3 Å². The second-order valence-electron chi connectivity index (χ2n) is 4.24. The number of hydrogen-bond acceptors (Lipinski definition) is 6. The number of carbonyl (C=O) groups excluding carboxylic acids is 1. The smallest absolute Gasteiger partial charge is 0.356 e. The van der Waals surface area contributed by atoms with E-state index in [0.29, 0.717) is 5.92 Å². The van der Waals surface area contributed by atoms with Crippen LogP contribution in [0.4, 0.5) is 4.39 Å². The minimum absolute atomic E-state index is 0.00251. The van der Waals surface area contributed by atoms with E-state index in [1.807, 2.05) is 0 Å². The molecule has 17 heavy (non-hydrogen) atoms. The largest absolute Gasteiger partial charge is 0.691 e. The number of ether oxygens (including phenoxy) is 1. The van der Waals surface area contributed by atoms with Gasteiger partial charge in [0.25, 0.3) is 5.00 Å². The van der Waals surface area contributed by atoms with Gasteiger partial charge < -0.3 is 9.99 Å². The van der Waals surface area contributed by atoms with Crippen molar-refractivity contribution in [2.45, 2.75) is 44.0 Å². The Labute approximate surface area is 104 Å². The van der Waals surface area contributed by atoms with Crippen LogP contribution in [0.5, 0.6) is 0 Å². The highest BCUT2D eigenvalue weighted by atomic mass is 32.2. The van der Waals surface area contributed by atoms with E-state index in [1.165, 1.54) is 6.42 Å². The summed E-state index contributed by atoms with van der Waals surface area (Å²) in [6.07, 6.45) is 5.46. The van der Waals surface area contributed by atoms with Crippen LogP contribution in [0.1, 0.15) is 39.0 Å². The number of alkyl halides is 1. The molecule has 0 aliphatic heterocycles. The molecule has 100 valence electrons. The van der Waals surface area contributed by atoms with Crippen molar-refractivity contribution in [2.75, 3.05) is 6.61 Å². The van der Waals surface area contributed by atoms with E-state index in [0.717, 1.165) is 32.6 Å². The van der Waals surface area contributed by atoms with Crippen molar-refractivity contribution in [1.29, 1.82) is 0 Å². The quantitative estimate of drug-likeness (QED) is 0.315. The second-order valence-corrected chi connectivity index (χ2v) is 5.31. The Morgan fingerprint density at radius 1 is 1.47 bits per heavy atom. The Kier molecular flexibility index (Phi) is 6.18. The molecular formula is C10H16FO5S-. The fourth-order valence-corrected chi connectivity index (χ4v) is 2.07. The Morgan fingerprint density at radius 3 is 2.71 bits per heavy atom. The Balaban J connectivity index is 2.27. The van der Waals surface area contributed by atoms with Gasteiger partial charge in [-0.2, -0.15) is 4.33 Å². The highest BCUT2D eigenvalue weighted by Gasteiger charge is 2.38. The van der Waals surface area contributed by atoms with Gasteiger partial charge in [-0.05, 0) is 25.7 Å². The van der Waals surface area contributed by atoms with E-state index < -0.39 is 11.0 Å². The summed E-state index contributed by atoms with van der Waals surface area (Å²) >= 11 is -0.00251. The van der Waals surface area contributed by atoms with E-state index in [4.69, 9.17) is 4.74 Å². The highest BCUT2D eigenvalue weighted by Crippen LogP contribution is 2.30. The summed E-state index contributed by atoms with van der Waals surface area (Å²) in [7, 11) is 0. The van der Waals surface area contributed by atoms with Gasteiger partial charge in [0.05, 0.1) is 18.6 Å². The highest BCUT2D eigenvalue weighted by molar-refractivity contribution is 7.96. The summed E-state index contributed by atoms with van der Waals surface area (Å²) in [5, 5.41) is 10.1. The van der Waals surface area contributed by atoms with Crippen LogP contribution < -0.4 is 5.26 Å². The maximum Gasteiger partial charge on any atom is 0.356 e. The van der Waals surface area contributed by atoms with Crippen molar-refractivity contribution in [3.05, 3.63) is 0 Å². The zero-order chi connectivity index (χ0) is 12.7. The van der Waals surface area contributed by atoms with E-state index in [1.54, 1.807) is 0 Å². The third kappa shape index (κ3) is 5.20. The zero-order valence-corrected chi connectivity index (χ0v) is 10.5. The Morgan fingerprint density at radius 2 is 2.12 bits per heavy atom. The molecule has 1 atom stereocenters. The van der Waals surface area contributed by atoms with Gasteiger partial charge in [0.2, 0.25) is 0 Å². The molecule has 5 nitrogen and oxygen atoms in total. The standard InChI is InChI=1S/C10H17FO5S/c1-10(11,17-16-15-13)9(12)14-7-8-5-3-2-4-6-8/h8,13H,2-7H2,1H3/p-1. The first-order chi connectivity index (χ1) is 8.06. The van der Waals surface area contributed by atoms with E-state index in [-0.39, 0.29) is 18.6 Å². The molecule has 0 aromatic heterocycles. The van der Waals surface area contributed by atoms with Gasteiger partial charge in [0.1, 0.15) is 0 Å². The monoisotopic (exact) mass is 267 g/mol. The lowest BCUT2D eigenvalue weighted by atomic mass is 9.90. The molecule has 1 aliphatic carbocycles. The van der Waals surface area contributed by atoms with Crippen molar-refractivity contribution in [3.8, 4) is 0 Å². The lowest BCUT2D eigenvalue weighted by molar-refractivity contribution is -0.777. The number of carbonyl (C=O) groups is 1. The van der Waals surface area contributed by atoms with Crippen LogP contribution in [-0.2, 0) is 18.9 Å². The minimum Gasteiger partial charge on any atom is -0.691 e. The number of rotatable bonds is 6. The molecule has 1 unspecified atom stereocenters. The number of hydrogen-bond donors (Lipinski definition) is 0. The molecule has 0 heterocycles. The lowest BCUT2D eigenvalue weighted by Crippen LogP contribution is -2.31. The molecule has 1 fully saturated rings. The SMILES string of the molecule is CC(F)(SOO[O-])C(=O)OCC1CCCCC1. The van der Waals surface area contributed by atoms with Crippen LogP contribution >= 0.6 is 12.0 Å². The van der Waals surface area contributed by atoms with Gasteiger partial charge in [-0.15, -0.1) is 0 Å². The van der Waals surface area contributed by atoms with Gasteiger partial charge in [-0.25, -0.2) is 9.18 Å². The van der Waals surface area contributed by atoms with Crippen LogP contribution in [0.2, 0.25) is 0 Å². The van der Waals surface area contributed by atoms with Crippen molar-refractivity contribution in [2.24, 2.45) is 5.92 Å². The molecule has 0 saturated heterocycles. The van der Waals surface area contributed by atoms with Gasteiger partial charge >= 0.3 is 5.97 Å². The van der Waals surface area contributed by atoms with Gasteiger partial charge in [0.15, 0.2) is 0 Å². The fourth-order valence-electron chi connectivity index (χ4n) is 1.79. The van der Waals surface area contributed by atoms with Crippen LogP contribution in [0.25, 0.3) is 0 Å². The van der Waals surface area contributed by atoms with Crippen LogP contribution in [0, 0.1) is 5.92 Å². The average molecular weight is 267 g/mol. The van der Waals surface area contributed by atoms with E-state index in [9.17, 15) is 14.4 Å². The number of esters is 1. The van der Waals surface area contributed by atoms with Gasteiger partial charge in [-0.3, -0.25) is 5.04 Å². The van der Waals surface area contributed by atoms with Crippen molar-refractivity contribution in [3.63, 3.8) is 0 Å². The summed E-state index contributed by atoms with van der Waals surface area (Å²) in [4.78, 5) is 11.4. The van der Waals surface area contributed by atoms with E-state index in [2.05, 4.69) is 9.37 Å². The maximum absolute atomic E-state index is 13.6. The zero-order valence-electron chi connectivity index (χ0n) is 9.65. The van der Waals surface area contributed by atoms with Crippen molar-refractivity contribution >= 4 is 18.0 Å². The Hall–Kier alpha value is -0.370. The van der Waals surface area contributed by atoms with Crippen molar-refractivity contribution < 1.29 is 28.6 Å². The van der Waals surface area contributed by atoms with Crippen LogP contribution in [0.3, 0.4) is 0 Å². The summed E-state index contributed by atoms with van der Waals surface area (Å²) in [6, 6.07) is 0. The molecule has 1 aliphatic rings. The molecule has 0 aromatic rings. The summed E-state index contributed by atoms with van der Waals surface area (Å²) in [5.74, 6) is -0.740. The predicted molar refractivity (Wildman–Crippen MR) is 56.8 cm³/mol. The summed E-state index contributed by atoms with van der Waals surface area (Å²) in [6.45, 7) is 1.18. The topological polar surface area (TPSA) is 67.8 Å². The maximum atomic E-state index is 13.6. The first-order valence-electron chi connectivity index (χ1n) is 5.56. The molecule has 0 amide bonds. The Bertz CT molecular complexity index is 243. The third-order valence-corrected chi connectivity index (χ3v) is 3.36. The average Bonchev–Trinajstić information content (AvgIpc) is 2.34. The molecule has 0 aromatic carbocycles. The molecule has 1 rings (SSSR count). The molecule has 0 N–H and O–H groups in total. The summed E-state index contributed by atoms with van der Waals surface area (Å²) in [5.41, 5.74) is 0. The lowest BCUT2D eigenvalue weighted by Gasteiger charge is -2.23. The predicted octanol–water partition coefficient (Wildman–Crippen LogP) is 1.67. The van der Waals surface area contributed by atoms with Crippen LogP contribution in [-0.4, -0.2) is 17.6 Å². The number of halogens is 1. The van der Waals surface area contributed by atoms with Crippen molar-refractivity contribution in [1.82, 2.24) is 0 Å². The first-order valence-corrected chi connectivity index (χ1v) is 6.31. The fraction of sp³-hybridized carbons (Fsp3) is 0.900. The van der Waals surface area contributed by atoms with Crippen LogP contribution in [0.15, 0.2) is 0 Å². The minimum atomic E-state index is -2.43. The third-order valence-electron chi connectivity index (χ3n) is 2.76. The molecule has 7 heteroatoms. The molecule has 0 radical (unpaired) electrons. The first kappa shape index (κ1) is 14.7. The van der Waals surface area contributed by atoms with E-state index >= 15 is 0 Å². The normalized spacial score (nSPS) is 20.9. The second kappa shape index (κ2) is 7.15.